The zero-order valence-electron chi connectivity index (χ0n) is 11.4. The summed E-state index contributed by atoms with van der Waals surface area (Å²) in [7, 11) is 1.66. The molecule has 1 aromatic heterocycles. The van der Waals surface area contributed by atoms with E-state index in [1.165, 1.54) is 0 Å². The summed E-state index contributed by atoms with van der Waals surface area (Å²) in [5, 5.41) is 14.8. The van der Waals surface area contributed by atoms with Gasteiger partial charge >= 0.3 is 0 Å². The van der Waals surface area contributed by atoms with Crippen LogP contribution in [0.25, 0.3) is 11.4 Å². The predicted molar refractivity (Wildman–Crippen MR) is 79.4 cm³/mol. The molecule has 0 spiro atoms. The first-order chi connectivity index (χ1) is 10.2. The van der Waals surface area contributed by atoms with Gasteiger partial charge < -0.3 is 16.4 Å². The molecule has 0 atom stereocenters. The van der Waals surface area contributed by atoms with Crippen LogP contribution < -0.4 is 16.4 Å². The van der Waals surface area contributed by atoms with Crippen molar-refractivity contribution in [1.82, 2.24) is 9.97 Å². The van der Waals surface area contributed by atoms with Crippen molar-refractivity contribution in [3.8, 4) is 17.5 Å². The Balaban J connectivity index is 2.51. The third-order valence-electron chi connectivity index (χ3n) is 2.72. The Bertz CT molecular complexity index is 693. The van der Waals surface area contributed by atoms with E-state index >= 15 is 0 Å². The minimum Gasteiger partial charge on any atom is -0.372 e. The molecular weight excluding hydrogens is 268 g/mol. The fraction of sp³-hybridized carbons (Fsp3) is 0.143. The normalized spacial score (nSPS) is 9.71. The Morgan fingerprint density at radius 3 is 2.52 bits per heavy atom. The molecule has 4 N–H and O–H groups in total. The SMILES string of the molecule is CNc1nc(-c2ccccc2)nc(NCC(N)=O)c1C#N. The van der Waals surface area contributed by atoms with Gasteiger partial charge in [0.25, 0.3) is 0 Å². The van der Waals surface area contributed by atoms with Gasteiger partial charge in [-0.1, -0.05) is 30.3 Å². The third kappa shape index (κ3) is 3.25. The molecule has 0 aliphatic rings. The zero-order valence-corrected chi connectivity index (χ0v) is 11.4. The number of rotatable bonds is 5. The van der Waals surface area contributed by atoms with Crippen LogP contribution in [0.1, 0.15) is 5.56 Å². The van der Waals surface area contributed by atoms with Gasteiger partial charge in [0.2, 0.25) is 5.91 Å². The number of nitrogens with zero attached hydrogens (tertiary/aromatic N) is 3. The lowest BCUT2D eigenvalue weighted by molar-refractivity contribution is -0.116. The zero-order chi connectivity index (χ0) is 15.2. The maximum atomic E-state index is 10.9. The van der Waals surface area contributed by atoms with Crippen molar-refractivity contribution >= 4 is 17.5 Å². The lowest BCUT2D eigenvalue weighted by Crippen LogP contribution is -2.23. The second-order valence-corrected chi connectivity index (χ2v) is 4.17. The molecular formula is C14H14N6O. The van der Waals surface area contributed by atoms with E-state index in [2.05, 4.69) is 20.6 Å². The van der Waals surface area contributed by atoms with E-state index in [0.29, 0.717) is 11.6 Å². The number of carbonyl (C=O) groups is 1. The molecule has 0 fully saturated rings. The fourth-order valence-electron chi connectivity index (χ4n) is 1.76. The highest BCUT2D eigenvalue weighted by molar-refractivity contribution is 5.80. The monoisotopic (exact) mass is 282 g/mol. The molecule has 2 rings (SSSR count). The Morgan fingerprint density at radius 2 is 1.95 bits per heavy atom. The van der Waals surface area contributed by atoms with Crippen molar-refractivity contribution in [3.05, 3.63) is 35.9 Å². The van der Waals surface area contributed by atoms with Crippen LogP contribution in [0.4, 0.5) is 11.6 Å². The summed E-state index contributed by atoms with van der Waals surface area (Å²) in [4.78, 5) is 19.5. The van der Waals surface area contributed by atoms with Crippen molar-refractivity contribution in [1.29, 1.82) is 5.26 Å². The maximum Gasteiger partial charge on any atom is 0.236 e. The lowest BCUT2D eigenvalue weighted by Gasteiger charge is -2.11. The summed E-state index contributed by atoms with van der Waals surface area (Å²) in [6.07, 6.45) is 0. The molecule has 0 unspecified atom stereocenters. The van der Waals surface area contributed by atoms with Gasteiger partial charge in [-0.3, -0.25) is 4.79 Å². The van der Waals surface area contributed by atoms with Gasteiger partial charge in [-0.05, 0) is 0 Å². The average molecular weight is 282 g/mol. The first-order valence-electron chi connectivity index (χ1n) is 6.23. The molecule has 106 valence electrons. The van der Waals surface area contributed by atoms with E-state index in [0.717, 1.165) is 5.56 Å². The summed E-state index contributed by atoms with van der Waals surface area (Å²) >= 11 is 0. The van der Waals surface area contributed by atoms with Crippen molar-refractivity contribution in [2.45, 2.75) is 0 Å². The number of nitrogens with one attached hydrogen (secondary N) is 2. The van der Waals surface area contributed by atoms with E-state index in [1.54, 1.807) is 7.05 Å². The molecule has 21 heavy (non-hydrogen) atoms. The molecule has 0 aliphatic heterocycles. The molecule has 1 amide bonds. The topological polar surface area (TPSA) is 117 Å². The van der Waals surface area contributed by atoms with Crippen LogP contribution in [0, 0.1) is 11.3 Å². The van der Waals surface area contributed by atoms with Crippen LogP contribution in [-0.4, -0.2) is 29.5 Å². The average Bonchev–Trinajstić information content (AvgIpc) is 2.52. The largest absolute Gasteiger partial charge is 0.372 e. The molecule has 1 aromatic carbocycles. The van der Waals surface area contributed by atoms with Crippen LogP contribution in [-0.2, 0) is 4.79 Å². The van der Waals surface area contributed by atoms with Gasteiger partial charge in [0, 0.05) is 12.6 Å². The van der Waals surface area contributed by atoms with E-state index in [9.17, 15) is 10.1 Å². The van der Waals surface area contributed by atoms with Crippen LogP contribution in [0.15, 0.2) is 30.3 Å². The number of primary amides is 1. The summed E-state index contributed by atoms with van der Waals surface area (Å²) in [6.45, 7) is -0.108. The molecule has 0 saturated heterocycles. The van der Waals surface area contributed by atoms with E-state index in [-0.39, 0.29) is 17.9 Å². The number of carbonyl (C=O) groups excluding carboxylic acids is 1. The maximum absolute atomic E-state index is 10.9. The summed E-state index contributed by atoms with van der Waals surface area (Å²) < 4.78 is 0. The summed E-state index contributed by atoms with van der Waals surface area (Å²) in [5.74, 6) is 0.573. The van der Waals surface area contributed by atoms with E-state index in [1.807, 2.05) is 36.4 Å². The molecule has 0 radical (unpaired) electrons. The Kier molecular flexibility index (Phi) is 4.31. The molecule has 0 aliphatic carbocycles. The Morgan fingerprint density at radius 1 is 1.29 bits per heavy atom. The second-order valence-electron chi connectivity index (χ2n) is 4.17. The van der Waals surface area contributed by atoms with Gasteiger partial charge in [-0.2, -0.15) is 5.26 Å². The summed E-state index contributed by atoms with van der Waals surface area (Å²) in [5.41, 5.74) is 6.15. The van der Waals surface area contributed by atoms with Crippen LogP contribution >= 0.6 is 0 Å². The lowest BCUT2D eigenvalue weighted by atomic mass is 10.2. The number of hydrogen-bond acceptors (Lipinski definition) is 6. The Labute approximate surface area is 121 Å². The minimum atomic E-state index is -0.537. The molecule has 0 saturated carbocycles. The number of nitriles is 1. The summed E-state index contributed by atoms with van der Waals surface area (Å²) in [6, 6.07) is 11.4. The number of amides is 1. The van der Waals surface area contributed by atoms with Gasteiger partial charge in [-0.15, -0.1) is 0 Å². The Hall–Kier alpha value is -3.14. The number of anilines is 2. The number of aromatic nitrogens is 2. The van der Waals surface area contributed by atoms with Gasteiger partial charge in [0.05, 0.1) is 6.54 Å². The molecule has 7 heteroatoms. The molecule has 2 aromatic rings. The van der Waals surface area contributed by atoms with Crippen molar-refractivity contribution in [2.24, 2.45) is 5.73 Å². The van der Waals surface area contributed by atoms with Crippen LogP contribution in [0.5, 0.6) is 0 Å². The molecule has 7 nitrogen and oxygen atoms in total. The highest BCUT2D eigenvalue weighted by Crippen LogP contribution is 2.24. The van der Waals surface area contributed by atoms with Crippen LogP contribution in [0.3, 0.4) is 0 Å². The van der Waals surface area contributed by atoms with Crippen LogP contribution in [0.2, 0.25) is 0 Å². The number of nitrogens with two attached hydrogens (primary N) is 1. The quantitative estimate of drug-likeness (QED) is 0.751. The first-order valence-corrected chi connectivity index (χ1v) is 6.23. The highest BCUT2D eigenvalue weighted by atomic mass is 16.1. The predicted octanol–water partition coefficient (Wildman–Crippen LogP) is 0.954. The van der Waals surface area contributed by atoms with Gasteiger partial charge in [0.1, 0.15) is 17.5 Å². The van der Waals surface area contributed by atoms with E-state index < -0.39 is 5.91 Å². The number of hydrogen-bond donors (Lipinski definition) is 3. The second kappa shape index (κ2) is 6.34. The van der Waals surface area contributed by atoms with Crippen molar-refractivity contribution in [3.63, 3.8) is 0 Å². The number of benzene rings is 1. The molecule has 1 heterocycles. The molecule has 0 bridgehead atoms. The standard InChI is InChI=1S/C14H14N6O/c1-17-13-10(7-15)14(18-8-11(16)21)20-12(19-13)9-5-3-2-4-6-9/h2-6H,8H2,1H3,(H2,16,21)(H2,17,18,19,20). The fourth-order valence-corrected chi connectivity index (χ4v) is 1.76. The van der Waals surface area contributed by atoms with Gasteiger partial charge in [-0.25, -0.2) is 9.97 Å². The first kappa shape index (κ1) is 14.3. The van der Waals surface area contributed by atoms with Crippen molar-refractivity contribution < 1.29 is 4.79 Å². The van der Waals surface area contributed by atoms with Gasteiger partial charge in [0.15, 0.2) is 11.6 Å². The van der Waals surface area contributed by atoms with Crippen molar-refractivity contribution in [2.75, 3.05) is 24.2 Å². The van der Waals surface area contributed by atoms with E-state index in [4.69, 9.17) is 5.73 Å². The highest BCUT2D eigenvalue weighted by Gasteiger charge is 2.14. The smallest absolute Gasteiger partial charge is 0.236 e. The third-order valence-corrected chi connectivity index (χ3v) is 2.72. The minimum absolute atomic E-state index is 0.108.